The highest BCUT2D eigenvalue weighted by atomic mass is 35.5. The van der Waals surface area contributed by atoms with Crippen molar-refractivity contribution in [2.45, 2.75) is 26.0 Å². The molecule has 12 heteroatoms. The number of halogens is 4. The Morgan fingerprint density at radius 2 is 1.92 bits per heavy atom. The predicted molar refractivity (Wildman–Crippen MR) is 143 cm³/mol. The first-order valence-corrected chi connectivity index (χ1v) is 12.4. The second kappa shape index (κ2) is 11.5. The van der Waals surface area contributed by atoms with Gasteiger partial charge in [0.1, 0.15) is 28.0 Å². The van der Waals surface area contributed by atoms with Gasteiger partial charge < -0.3 is 19.7 Å². The number of ether oxygens (including phenoxy) is 2. The summed E-state index contributed by atoms with van der Waals surface area (Å²) in [5, 5.41) is 10.5. The zero-order valence-electron chi connectivity index (χ0n) is 20.6. The van der Waals surface area contributed by atoms with Gasteiger partial charge in [-0.1, -0.05) is 29.3 Å². The van der Waals surface area contributed by atoms with Gasteiger partial charge in [0.2, 0.25) is 0 Å². The first-order chi connectivity index (χ1) is 18.1. The number of carbonyl (C=O) groups excluding carboxylic acids is 1. The average molecular weight is 564 g/mol. The Hall–Kier alpha value is -3.47. The van der Waals surface area contributed by atoms with Crippen LogP contribution in [0.1, 0.15) is 19.4 Å². The summed E-state index contributed by atoms with van der Waals surface area (Å²) in [6.45, 7) is 5.41. The molecule has 0 aliphatic carbocycles. The summed E-state index contributed by atoms with van der Waals surface area (Å²) in [4.78, 5) is 19.8. The van der Waals surface area contributed by atoms with Gasteiger partial charge in [0.15, 0.2) is 11.6 Å². The van der Waals surface area contributed by atoms with Crippen molar-refractivity contribution in [2.75, 3.05) is 29.9 Å². The number of nitrogens with one attached hydrogen (secondary N) is 2. The highest BCUT2D eigenvalue weighted by molar-refractivity contribution is 6.34. The van der Waals surface area contributed by atoms with E-state index in [2.05, 4.69) is 10.3 Å². The third-order valence-corrected chi connectivity index (χ3v) is 6.54. The van der Waals surface area contributed by atoms with Crippen LogP contribution in [-0.4, -0.2) is 47.6 Å². The van der Waals surface area contributed by atoms with Crippen LogP contribution in [-0.2, 0) is 11.3 Å². The number of anilines is 2. The molecule has 2 N–H and O–H groups in total. The number of urea groups is 1. The van der Waals surface area contributed by atoms with Crippen LogP contribution in [0.3, 0.4) is 0 Å². The number of carbonyl (C=O) groups is 1. The molecule has 38 heavy (non-hydrogen) atoms. The zero-order chi connectivity index (χ0) is 27.4. The van der Waals surface area contributed by atoms with E-state index in [4.69, 9.17) is 38.1 Å². The van der Waals surface area contributed by atoms with Crippen LogP contribution in [0.4, 0.5) is 25.1 Å². The fraction of sp³-hybridized carbons (Fsp3) is 0.269. The monoisotopic (exact) mass is 563 g/mol. The van der Waals surface area contributed by atoms with E-state index >= 15 is 0 Å². The van der Waals surface area contributed by atoms with Crippen molar-refractivity contribution in [3.63, 3.8) is 0 Å². The standard InChI is InChI=1S/C26H25Cl2F2N5O3/c1-3-37-26(2)13-35(14-26)24-23(28)22(9-10-32-24)38-21-8-7-16(11-18(21)27)33-25(36)34(15-31)12-17-19(29)5-4-6-20(17)30/h4-11,15,31H,3,12-14H2,1-2H3,(H,33,36). The van der Waals surface area contributed by atoms with Crippen molar-refractivity contribution in [3.05, 3.63) is 75.9 Å². The van der Waals surface area contributed by atoms with E-state index in [-0.39, 0.29) is 27.6 Å². The molecule has 0 atom stereocenters. The van der Waals surface area contributed by atoms with Gasteiger partial charge in [-0.15, -0.1) is 0 Å². The molecule has 0 bridgehead atoms. The Morgan fingerprint density at radius 1 is 1.21 bits per heavy atom. The van der Waals surface area contributed by atoms with Crippen molar-refractivity contribution >= 4 is 47.1 Å². The van der Waals surface area contributed by atoms with E-state index in [1.807, 2.05) is 18.7 Å². The molecule has 4 rings (SSSR count). The minimum absolute atomic E-state index is 0.173. The maximum Gasteiger partial charge on any atom is 0.327 e. The zero-order valence-corrected chi connectivity index (χ0v) is 22.1. The molecular formula is C26H25Cl2F2N5O3. The lowest BCUT2D eigenvalue weighted by Crippen LogP contribution is -2.62. The summed E-state index contributed by atoms with van der Waals surface area (Å²) in [5.41, 5.74) is -0.301. The molecular weight excluding hydrogens is 539 g/mol. The fourth-order valence-corrected chi connectivity index (χ4v) is 4.56. The number of aromatic nitrogens is 1. The molecule has 2 heterocycles. The van der Waals surface area contributed by atoms with Gasteiger partial charge >= 0.3 is 6.03 Å². The third-order valence-electron chi connectivity index (χ3n) is 5.89. The SMILES string of the molecule is CCOC1(C)CN(c2nccc(Oc3ccc(NC(=O)N(C=N)Cc4c(F)cccc4F)cc3Cl)c2Cl)C1. The molecule has 8 nitrogen and oxygen atoms in total. The van der Waals surface area contributed by atoms with E-state index in [1.165, 1.54) is 24.3 Å². The Morgan fingerprint density at radius 3 is 2.55 bits per heavy atom. The Kier molecular flexibility index (Phi) is 8.35. The molecule has 1 saturated heterocycles. The normalized spacial score (nSPS) is 14.0. The van der Waals surface area contributed by atoms with Gasteiger partial charge in [-0.2, -0.15) is 0 Å². The van der Waals surface area contributed by atoms with Crippen molar-refractivity contribution in [2.24, 2.45) is 0 Å². The van der Waals surface area contributed by atoms with Gasteiger partial charge in [0.05, 0.1) is 31.0 Å². The van der Waals surface area contributed by atoms with Crippen LogP contribution in [0, 0.1) is 17.0 Å². The molecule has 2 amide bonds. The molecule has 200 valence electrons. The molecule has 3 aromatic rings. The minimum atomic E-state index is -0.815. The summed E-state index contributed by atoms with van der Waals surface area (Å²) in [7, 11) is 0. The second-order valence-electron chi connectivity index (χ2n) is 8.82. The first-order valence-electron chi connectivity index (χ1n) is 11.7. The lowest BCUT2D eigenvalue weighted by Gasteiger charge is -2.48. The predicted octanol–water partition coefficient (Wildman–Crippen LogP) is 6.72. The smallest absolute Gasteiger partial charge is 0.327 e. The van der Waals surface area contributed by atoms with E-state index in [9.17, 15) is 13.6 Å². The average Bonchev–Trinajstić information content (AvgIpc) is 2.85. The minimum Gasteiger partial charge on any atom is -0.454 e. The number of nitrogens with zero attached hydrogens (tertiary/aromatic N) is 3. The molecule has 1 fully saturated rings. The summed E-state index contributed by atoms with van der Waals surface area (Å²) in [6, 6.07) is 8.73. The van der Waals surface area contributed by atoms with Gasteiger partial charge in [0.25, 0.3) is 0 Å². The van der Waals surface area contributed by atoms with Gasteiger partial charge in [-0.05, 0) is 44.2 Å². The highest BCUT2D eigenvalue weighted by Crippen LogP contribution is 2.41. The molecule has 1 aliphatic rings. The molecule has 1 aliphatic heterocycles. The van der Waals surface area contributed by atoms with E-state index in [0.717, 1.165) is 17.0 Å². The molecule has 0 spiro atoms. The van der Waals surface area contributed by atoms with Crippen molar-refractivity contribution in [1.82, 2.24) is 9.88 Å². The molecule has 0 unspecified atom stereocenters. The number of amides is 2. The van der Waals surface area contributed by atoms with Crippen LogP contribution in [0.5, 0.6) is 11.5 Å². The van der Waals surface area contributed by atoms with Crippen LogP contribution in [0.2, 0.25) is 10.0 Å². The Labute approximate surface area is 228 Å². The fourth-order valence-electron chi connectivity index (χ4n) is 4.07. The maximum atomic E-state index is 14.0. The summed E-state index contributed by atoms with van der Waals surface area (Å²) in [5.74, 6) is -0.431. The molecule has 2 aromatic carbocycles. The molecule has 0 radical (unpaired) electrons. The summed E-state index contributed by atoms with van der Waals surface area (Å²) in [6.07, 6.45) is 2.26. The number of hydrogen-bond donors (Lipinski definition) is 2. The number of pyridine rings is 1. The van der Waals surface area contributed by atoms with Crippen molar-refractivity contribution in [3.8, 4) is 11.5 Å². The van der Waals surface area contributed by atoms with Crippen molar-refractivity contribution < 1.29 is 23.0 Å². The number of hydrogen-bond acceptors (Lipinski definition) is 6. The van der Waals surface area contributed by atoms with E-state index in [0.29, 0.717) is 42.6 Å². The highest BCUT2D eigenvalue weighted by Gasteiger charge is 2.41. The lowest BCUT2D eigenvalue weighted by atomic mass is 9.96. The first kappa shape index (κ1) is 27.6. The quantitative estimate of drug-likeness (QED) is 0.223. The van der Waals surface area contributed by atoms with Crippen LogP contribution in [0.15, 0.2) is 48.7 Å². The van der Waals surface area contributed by atoms with Crippen LogP contribution >= 0.6 is 23.2 Å². The maximum absolute atomic E-state index is 14.0. The number of rotatable bonds is 9. The van der Waals surface area contributed by atoms with E-state index in [1.54, 1.807) is 12.3 Å². The lowest BCUT2D eigenvalue weighted by molar-refractivity contribution is -0.0448. The largest absolute Gasteiger partial charge is 0.454 e. The van der Waals surface area contributed by atoms with Gasteiger partial charge in [0, 0.05) is 30.1 Å². The summed E-state index contributed by atoms with van der Waals surface area (Å²) >= 11 is 13.0. The Bertz CT molecular complexity index is 1330. The van der Waals surface area contributed by atoms with E-state index < -0.39 is 24.2 Å². The van der Waals surface area contributed by atoms with Gasteiger partial charge in [-0.3, -0.25) is 10.3 Å². The second-order valence-corrected chi connectivity index (χ2v) is 9.61. The third kappa shape index (κ3) is 5.98. The Balaban J connectivity index is 1.43. The summed E-state index contributed by atoms with van der Waals surface area (Å²) < 4.78 is 39.6. The molecule has 1 aromatic heterocycles. The van der Waals surface area contributed by atoms with Crippen LogP contribution in [0.25, 0.3) is 0 Å². The van der Waals surface area contributed by atoms with Crippen LogP contribution < -0.4 is 15.0 Å². The number of benzene rings is 2. The molecule has 0 saturated carbocycles. The van der Waals surface area contributed by atoms with Gasteiger partial charge in [-0.25, -0.2) is 18.6 Å². The topological polar surface area (TPSA) is 90.8 Å². The van der Waals surface area contributed by atoms with Crippen molar-refractivity contribution in [1.29, 1.82) is 5.41 Å².